The van der Waals surface area contributed by atoms with E-state index >= 15 is 0 Å². The third-order valence-electron chi connectivity index (χ3n) is 2.40. The van der Waals surface area contributed by atoms with Crippen LogP contribution in [0.25, 0.3) is 0 Å². The van der Waals surface area contributed by atoms with Crippen molar-refractivity contribution in [2.75, 3.05) is 0 Å². The minimum Gasteiger partial charge on any atom is -0.479 e. The number of carbonyl (C=O) groups excluding carboxylic acids is 1. The molecule has 0 amide bonds. The highest BCUT2D eigenvalue weighted by Crippen LogP contribution is 2.13. The third kappa shape index (κ3) is 2.27. The molecule has 0 bridgehead atoms. The summed E-state index contributed by atoms with van der Waals surface area (Å²) in [6.07, 6.45) is -0.884. The molecule has 0 spiro atoms. The minimum absolute atomic E-state index is 0.0121. The molecule has 18 heavy (non-hydrogen) atoms. The van der Waals surface area contributed by atoms with Crippen molar-refractivity contribution >= 4 is 6.09 Å². The second kappa shape index (κ2) is 4.79. The van der Waals surface area contributed by atoms with E-state index in [1.54, 1.807) is 12.1 Å². The molecule has 6 nitrogen and oxygen atoms in total. The molecule has 0 atom stereocenters. The number of hydrogen-bond acceptors (Lipinski definition) is 5. The molecule has 0 saturated carbocycles. The average Bonchev–Trinajstić information content (AvgIpc) is 2.62. The van der Waals surface area contributed by atoms with E-state index in [1.807, 2.05) is 18.2 Å². The quantitative estimate of drug-likeness (QED) is 0.874. The Morgan fingerprint density at radius 3 is 2.61 bits per heavy atom. The van der Waals surface area contributed by atoms with Crippen LogP contribution in [0.4, 0.5) is 4.79 Å². The first kappa shape index (κ1) is 12.0. The van der Waals surface area contributed by atoms with Gasteiger partial charge in [-0.3, -0.25) is 0 Å². The molecule has 2 rings (SSSR count). The van der Waals surface area contributed by atoms with Crippen molar-refractivity contribution in [2.45, 2.75) is 13.5 Å². The largest absolute Gasteiger partial charge is 0.479 e. The first-order valence-electron chi connectivity index (χ1n) is 5.22. The van der Waals surface area contributed by atoms with Gasteiger partial charge in [-0.1, -0.05) is 30.3 Å². The summed E-state index contributed by atoms with van der Waals surface area (Å²) in [5.74, 6) is -1.56. The van der Waals surface area contributed by atoms with Gasteiger partial charge in [-0.2, -0.15) is 4.57 Å². The lowest BCUT2D eigenvalue weighted by Crippen LogP contribution is -2.25. The van der Waals surface area contributed by atoms with Crippen molar-refractivity contribution in [3.63, 3.8) is 0 Å². The maximum atomic E-state index is 11.6. The maximum Gasteiger partial charge on any atom is 0.431 e. The number of carbonyl (C=O) groups is 1. The summed E-state index contributed by atoms with van der Waals surface area (Å²) in [7, 11) is 0. The molecule has 1 heterocycles. The van der Waals surface area contributed by atoms with Crippen LogP contribution in [0.15, 0.2) is 39.5 Å². The van der Waals surface area contributed by atoms with Crippen molar-refractivity contribution in [3.8, 4) is 5.95 Å². The summed E-state index contributed by atoms with van der Waals surface area (Å²) in [6.45, 7) is 1.42. The second-order valence-corrected chi connectivity index (χ2v) is 3.63. The van der Waals surface area contributed by atoms with Gasteiger partial charge in [-0.25, -0.2) is 9.59 Å². The van der Waals surface area contributed by atoms with E-state index in [9.17, 15) is 9.59 Å². The molecule has 1 aromatic carbocycles. The molecule has 2 aromatic rings. The SMILES string of the molecule is Cc1c(O)oc(=O)n1C(=O)OCc1ccccc1. The Hall–Kier alpha value is -2.50. The fourth-order valence-corrected chi connectivity index (χ4v) is 1.43. The lowest BCUT2D eigenvalue weighted by molar-refractivity contribution is 0.139. The van der Waals surface area contributed by atoms with E-state index in [0.717, 1.165) is 5.56 Å². The van der Waals surface area contributed by atoms with Crippen LogP contribution >= 0.6 is 0 Å². The lowest BCUT2D eigenvalue weighted by Gasteiger charge is -2.04. The zero-order valence-electron chi connectivity index (χ0n) is 9.62. The van der Waals surface area contributed by atoms with Crippen LogP contribution in [-0.2, 0) is 11.3 Å². The fourth-order valence-electron chi connectivity index (χ4n) is 1.43. The van der Waals surface area contributed by atoms with E-state index in [2.05, 4.69) is 4.42 Å². The molecule has 0 saturated heterocycles. The van der Waals surface area contributed by atoms with Crippen LogP contribution < -0.4 is 5.76 Å². The van der Waals surface area contributed by atoms with Crippen molar-refractivity contribution in [3.05, 3.63) is 52.1 Å². The van der Waals surface area contributed by atoms with Gasteiger partial charge in [0.15, 0.2) is 0 Å². The van der Waals surface area contributed by atoms with Gasteiger partial charge in [-0.05, 0) is 12.5 Å². The number of rotatable bonds is 2. The monoisotopic (exact) mass is 249 g/mol. The summed E-state index contributed by atoms with van der Waals surface area (Å²) >= 11 is 0. The zero-order chi connectivity index (χ0) is 13.1. The fraction of sp³-hybridized carbons (Fsp3) is 0.167. The van der Waals surface area contributed by atoms with Crippen LogP contribution in [0, 0.1) is 6.92 Å². The van der Waals surface area contributed by atoms with E-state index < -0.39 is 17.8 Å². The molecule has 0 radical (unpaired) electrons. The molecule has 94 valence electrons. The lowest BCUT2D eigenvalue weighted by atomic mass is 10.2. The Labute approximate surface area is 102 Å². The first-order chi connectivity index (χ1) is 8.59. The van der Waals surface area contributed by atoms with Crippen molar-refractivity contribution in [1.29, 1.82) is 0 Å². The molecular formula is C12H11NO5. The van der Waals surface area contributed by atoms with Gasteiger partial charge in [0.25, 0.3) is 0 Å². The summed E-state index contributed by atoms with van der Waals surface area (Å²) in [4.78, 5) is 22.9. The number of ether oxygens (including phenoxy) is 1. The smallest absolute Gasteiger partial charge is 0.431 e. The predicted octanol–water partition coefficient (Wildman–Crippen LogP) is 1.64. The Kier molecular flexibility index (Phi) is 3.18. The molecule has 1 aromatic heterocycles. The van der Waals surface area contributed by atoms with Crippen LogP contribution in [0.1, 0.15) is 11.3 Å². The standard InChI is InChI=1S/C12H11NO5/c1-8-10(14)18-12(16)13(8)11(15)17-7-9-5-3-2-4-6-9/h2-6,14H,7H2,1H3. The van der Waals surface area contributed by atoms with E-state index in [0.29, 0.717) is 4.57 Å². The van der Waals surface area contributed by atoms with Crippen molar-refractivity contribution < 1.29 is 19.1 Å². The summed E-state index contributed by atoms with van der Waals surface area (Å²) < 4.78 is 9.96. The molecule has 0 unspecified atom stereocenters. The summed E-state index contributed by atoms with van der Waals surface area (Å²) in [5, 5.41) is 9.16. The molecule has 0 aliphatic heterocycles. The highest BCUT2D eigenvalue weighted by molar-refractivity contribution is 5.71. The van der Waals surface area contributed by atoms with Gasteiger partial charge >= 0.3 is 17.8 Å². The number of aromatic hydroxyl groups is 1. The van der Waals surface area contributed by atoms with E-state index in [-0.39, 0.29) is 12.3 Å². The molecule has 0 fully saturated rings. The Morgan fingerprint density at radius 1 is 1.39 bits per heavy atom. The van der Waals surface area contributed by atoms with Crippen molar-refractivity contribution in [1.82, 2.24) is 4.57 Å². The van der Waals surface area contributed by atoms with Crippen LogP contribution in [0.5, 0.6) is 5.95 Å². The third-order valence-corrected chi connectivity index (χ3v) is 2.40. The Morgan fingerprint density at radius 2 is 2.06 bits per heavy atom. The number of hydrogen-bond donors (Lipinski definition) is 1. The first-order valence-corrected chi connectivity index (χ1v) is 5.22. The molecule has 6 heteroatoms. The van der Waals surface area contributed by atoms with Gasteiger partial charge < -0.3 is 14.3 Å². The van der Waals surface area contributed by atoms with Gasteiger partial charge in [0.1, 0.15) is 12.3 Å². The van der Waals surface area contributed by atoms with Gasteiger partial charge in [0, 0.05) is 0 Å². The van der Waals surface area contributed by atoms with Gasteiger partial charge in [0.05, 0.1) is 0 Å². The minimum atomic E-state index is -0.969. The number of benzene rings is 1. The predicted molar refractivity (Wildman–Crippen MR) is 61.4 cm³/mol. The highest BCUT2D eigenvalue weighted by Gasteiger charge is 2.19. The molecule has 0 aliphatic rings. The molecule has 1 N–H and O–H groups in total. The highest BCUT2D eigenvalue weighted by atomic mass is 16.6. The molecule has 0 aliphatic carbocycles. The summed E-state index contributed by atoms with van der Waals surface area (Å²) in [5.41, 5.74) is 0.808. The number of oxazole rings is 1. The van der Waals surface area contributed by atoms with Crippen molar-refractivity contribution in [2.24, 2.45) is 0 Å². The van der Waals surface area contributed by atoms with Crippen LogP contribution in [-0.4, -0.2) is 15.8 Å². The Balaban J connectivity index is 2.11. The van der Waals surface area contributed by atoms with Gasteiger partial charge in [0.2, 0.25) is 0 Å². The number of nitrogens with zero attached hydrogens (tertiary/aromatic N) is 1. The van der Waals surface area contributed by atoms with E-state index in [4.69, 9.17) is 9.84 Å². The topological polar surface area (TPSA) is 81.7 Å². The summed E-state index contributed by atoms with van der Waals surface area (Å²) in [6, 6.07) is 9.04. The zero-order valence-corrected chi connectivity index (χ0v) is 9.62. The van der Waals surface area contributed by atoms with Crippen LogP contribution in [0.2, 0.25) is 0 Å². The normalized spacial score (nSPS) is 10.3. The maximum absolute atomic E-state index is 11.6. The number of aromatic nitrogens is 1. The van der Waals surface area contributed by atoms with Gasteiger partial charge in [-0.15, -0.1) is 0 Å². The van der Waals surface area contributed by atoms with E-state index in [1.165, 1.54) is 6.92 Å². The average molecular weight is 249 g/mol. The Bertz CT molecular complexity index is 611. The molecular weight excluding hydrogens is 238 g/mol. The van der Waals surface area contributed by atoms with Crippen LogP contribution in [0.3, 0.4) is 0 Å². The second-order valence-electron chi connectivity index (χ2n) is 3.63.